The van der Waals surface area contributed by atoms with Gasteiger partial charge in [-0.15, -0.1) is 0 Å². The van der Waals surface area contributed by atoms with Gasteiger partial charge in [0, 0.05) is 31.6 Å². The second kappa shape index (κ2) is 7.92. The number of piperazine rings is 1. The van der Waals surface area contributed by atoms with Crippen LogP contribution >= 0.6 is 0 Å². The van der Waals surface area contributed by atoms with Crippen LogP contribution in [-0.4, -0.2) is 37.0 Å². The zero-order valence-corrected chi connectivity index (χ0v) is 15.7. The molecule has 1 fully saturated rings. The molecule has 6 nitrogen and oxygen atoms in total. The number of carbonyl (C=O) groups excluding carboxylic acids is 2. The minimum atomic E-state index is -0.529. The molecule has 0 saturated carbocycles. The monoisotopic (exact) mass is 374 g/mol. The van der Waals surface area contributed by atoms with E-state index in [-0.39, 0.29) is 17.5 Å². The molecular formula is C20H23FN2O4. The van der Waals surface area contributed by atoms with E-state index in [0.29, 0.717) is 31.8 Å². The number of hydrogen-bond acceptors (Lipinski definition) is 5. The third-order valence-corrected chi connectivity index (χ3v) is 4.82. The summed E-state index contributed by atoms with van der Waals surface area (Å²) in [7, 11) is 1.30. The predicted molar refractivity (Wildman–Crippen MR) is 96.7 cm³/mol. The molecule has 1 unspecified atom stereocenters. The Labute approximate surface area is 157 Å². The van der Waals surface area contributed by atoms with Crippen LogP contribution in [0, 0.1) is 12.7 Å². The maximum atomic E-state index is 13.5. The highest BCUT2D eigenvalue weighted by atomic mass is 19.1. The number of benzene rings is 1. The second-order valence-corrected chi connectivity index (χ2v) is 6.57. The lowest BCUT2D eigenvalue weighted by atomic mass is 9.97. The highest BCUT2D eigenvalue weighted by Crippen LogP contribution is 2.29. The smallest absolute Gasteiger partial charge is 0.373 e. The van der Waals surface area contributed by atoms with E-state index in [1.807, 2.05) is 11.8 Å². The molecule has 1 aromatic heterocycles. The molecule has 0 bridgehead atoms. The number of furan rings is 1. The van der Waals surface area contributed by atoms with E-state index in [1.54, 1.807) is 19.1 Å². The lowest BCUT2D eigenvalue weighted by Crippen LogP contribution is -2.49. The fourth-order valence-corrected chi connectivity index (χ4v) is 3.49. The Morgan fingerprint density at radius 2 is 2.19 bits per heavy atom. The van der Waals surface area contributed by atoms with Gasteiger partial charge in [-0.1, -0.05) is 13.0 Å². The molecular weight excluding hydrogens is 351 g/mol. The lowest BCUT2D eigenvalue weighted by molar-refractivity contribution is -0.129. The maximum absolute atomic E-state index is 13.5. The fraction of sp³-hybridized carbons (Fsp3) is 0.400. The summed E-state index contributed by atoms with van der Waals surface area (Å²) < 4.78 is 23.8. The largest absolute Gasteiger partial charge is 0.463 e. The van der Waals surface area contributed by atoms with Crippen LogP contribution in [0.5, 0.6) is 0 Å². The van der Waals surface area contributed by atoms with Gasteiger partial charge in [-0.05, 0) is 36.2 Å². The molecule has 1 aromatic carbocycles. The number of esters is 1. The van der Waals surface area contributed by atoms with Gasteiger partial charge < -0.3 is 14.5 Å². The number of methoxy groups -OCH3 is 1. The van der Waals surface area contributed by atoms with Crippen molar-refractivity contribution < 1.29 is 23.1 Å². The molecule has 1 aliphatic heterocycles. The highest BCUT2D eigenvalue weighted by molar-refractivity contribution is 5.86. The van der Waals surface area contributed by atoms with Crippen molar-refractivity contribution in [2.45, 2.75) is 32.9 Å². The average Bonchev–Trinajstić information content (AvgIpc) is 3.05. The number of ether oxygens (including phenoxy) is 1. The summed E-state index contributed by atoms with van der Waals surface area (Å²) in [6.45, 7) is 5.34. The van der Waals surface area contributed by atoms with Gasteiger partial charge in [0.2, 0.25) is 11.7 Å². The van der Waals surface area contributed by atoms with Gasteiger partial charge in [0.05, 0.1) is 7.11 Å². The normalized spacial score (nSPS) is 17.6. The van der Waals surface area contributed by atoms with Crippen molar-refractivity contribution in [2.24, 2.45) is 0 Å². The number of hydrogen-bond donors (Lipinski definition) is 1. The Balaban J connectivity index is 1.93. The van der Waals surface area contributed by atoms with Crippen LogP contribution in [0.3, 0.4) is 0 Å². The minimum Gasteiger partial charge on any atom is -0.463 e. The zero-order chi connectivity index (χ0) is 19.6. The maximum Gasteiger partial charge on any atom is 0.373 e. The van der Waals surface area contributed by atoms with Crippen LogP contribution < -0.4 is 5.32 Å². The first-order valence-electron chi connectivity index (χ1n) is 8.92. The molecule has 3 rings (SSSR count). The molecule has 144 valence electrons. The summed E-state index contributed by atoms with van der Waals surface area (Å²) in [5.74, 6) is -0.134. The molecule has 0 aliphatic carbocycles. The molecule has 27 heavy (non-hydrogen) atoms. The summed E-state index contributed by atoms with van der Waals surface area (Å²) in [4.78, 5) is 26.4. The van der Waals surface area contributed by atoms with Gasteiger partial charge in [0.1, 0.15) is 17.6 Å². The molecule has 1 saturated heterocycles. The van der Waals surface area contributed by atoms with Gasteiger partial charge in [0.25, 0.3) is 0 Å². The number of carbonyl (C=O) groups is 2. The highest BCUT2D eigenvalue weighted by Gasteiger charge is 2.33. The van der Waals surface area contributed by atoms with E-state index in [1.165, 1.54) is 19.2 Å². The molecule has 2 aromatic rings. The molecule has 0 spiro atoms. The van der Waals surface area contributed by atoms with E-state index < -0.39 is 12.0 Å². The average molecular weight is 374 g/mol. The van der Waals surface area contributed by atoms with E-state index in [2.05, 4.69) is 5.32 Å². The molecule has 0 radical (unpaired) electrons. The van der Waals surface area contributed by atoms with Crippen molar-refractivity contribution in [3.05, 3.63) is 58.3 Å². The standard InChI is InChI=1S/C20H23FN2O4/c1-4-16-13(10-17(27-16)20(25)26-3)11-23-8-7-22-19(24)18(23)15-6-5-14(21)9-12(15)2/h5-6,9-10,18H,4,7-8,11H2,1-3H3,(H,22,24). The van der Waals surface area contributed by atoms with Crippen molar-refractivity contribution in [1.29, 1.82) is 0 Å². The summed E-state index contributed by atoms with van der Waals surface area (Å²) in [6.07, 6.45) is 0.618. The number of rotatable bonds is 5. The molecule has 1 N–H and O–H groups in total. The zero-order valence-electron chi connectivity index (χ0n) is 15.7. The van der Waals surface area contributed by atoms with E-state index in [4.69, 9.17) is 9.15 Å². The van der Waals surface area contributed by atoms with Gasteiger partial charge >= 0.3 is 5.97 Å². The molecule has 2 heterocycles. The second-order valence-electron chi connectivity index (χ2n) is 6.57. The lowest BCUT2D eigenvalue weighted by Gasteiger charge is -2.35. The molecule has 1 atom stereocenters. The van der Waals surface area contributed by atoms with Crippen molar-refractivity contribution in [3.63, 3.8) is 0 Å². The first-order chi connectivity index (χ1) is 12.9. The summed E-state index contributed by atoms with van der Waals surface area (Å²) in [6, 6.07) is 5.60. The number of amides is 1. The van der Waals surface area contributed by atoms with E-state index >= 15 is 0 Å². The number of nitrogens with one attached hydrogen (secondary N) is 1. The van der Waals surface area contributed by atoms with Crippen LogP contribution in [-0.2, 0) is 22.5 Å². The van der Waals surface area contributed by atoms with Crippen LogP contribution in [0.25, 0.3) is 0 Å². The number of aryl methyl sites for hydroxylation is 2. The van der Waals surface area contributed by atoms with Gasteiger partial charge in [-0.3, -0.25) is 9.69 Å². The first kappa shape index (κ1) is 19.1. The third-order valence-electron chi connectivity index (χ3n) is 4.82. The Hall–Kier alpha value is -2.67. The molecule has 1 amide bonds. The summed E-state index contributed by atoms with van der Waals surface area (Å²) >= 11 is 0. The van der Waals surface area contributed by atoms with Crippen LogP contribution in [0.1, 0.15) is 46.0 Å². The minimum absolute atomic E-state index is 0.120. The Morgan fingerprint density at radius 1 is 1.41 bits per heavy atom. The SMILES string of the molecule is CCc1oc(C(=O)OC)cc1CN1CCNC(=O)C1c1ccc(F)cc1C. The van der Waals surface area contributed by atoms with Crippen LogP contribution in [0.4, 0.5) is 4.39 Å². The van der Waals surface area contributed by atoms with Crippen molar-refractivity contribution in [1.82, 2.24) is 10.2 Å². The Kier molecular flexibility index (Phi) is 5.60. The number of nitrogens with zero attached hydrogens (tertiary/aromatic N) is 1. The Bertz CT molecular complexity index is 862. The van der Waals surface area contributed by atoms with Gasteiger partial charge in [-0.25, -0.2) is 9.18 Å². The summed E-state index contributed by atoms with van der Waals surface area (Å²) in [5, 5.41) is 2.88. The number of halogens is 1. The van der Waals surface area contributed by atoms with Crippen molar-refractivity contribution >= 4 is 11.9 Å². The predicted octanol–water partition coefficient (Wildman–Crippen LogP) is 2.75. The van der Waals surface area contributed by atoms with E-state index in [9.17, 15) is 14.0 Å². The quantitative estimate of drug-likeness (QED) is 0.815. The molecule has 7 heteroatoms. The Morgan fingerprint density at radius 3 is 2.85 bits per heavy atom. The van der Waals surface area contributed by atoms with Crippen LogP contribution in [0.2, 0.25) is 0 Å². The topological polar surface area (TPSA) is 71.8 Å². The fourth-order valence-electron chi connectivity index (χ4n) is 3.49. The van der Waals surface area contributed by atoms with Crippen LogP contribution in [0.15, 0.2) is 28.7 Å². The first-order valence-corrected chi connectivity index (χ1v) is 8.92. The van der Waals surface area contributed by atoms with E-state index in [0.717, 1.165) is 16.7 Å². The summed E-state index contributed by atoms with van der Waals surface area (Å²) in [5.41, 5.74) is 2.33. The van der Waals surface area contributed by atoms with Crippen molar-refractivity contribution in [3.8, 4) is 0 Å². The molecule has 1 aliphatic rings. The van der Waals surface area contributed by atoms with Gasteiger partial charge in [-0.2, -0.15) is 0 Å². The van der Waals surface area contributed by atoms with Gasteiger partial charge in [0.15, 0.2) is 0 Å². The third kappa shape index (κ3) is 3.88. The van der Waals surface area contributed by atoms with Crippen molar-refractivity contribution in [2.75, 3.05) is 20.2 Å².